The van der Waals surface area contributed by atoms with E-state index < -0.39 is 0 Å². The van der Waals surface area contributed by atoms with E-state index in [9.17, 15) is 0 Å². The third-order valence-electron chi connectivity index (χ3n) is 3.22. The quantitative estimate of drug-likeness (QED) is 0.828. The second kappa shape index (κ2) is 5.79. The van der Waals surface area contributed by atoms with Gasteiger partial charge in [-0.25, -0.2) is 0 Å². The number of hydrogen-bond acceptors (Lipinski definition) is 2. The predicted molar refractivity (Wildman–Crippen MR) is 80.5 cm³/mol. The fourth-order valence-electron chi connectivity index (χ4n) is 1.98. The summed E-state index contributed by atoms with van der Waals surface area (Å²) in [4.78, 5) is 0. The van der Waals surface area contributed by atoms with Crippen molar-refractivity contribution >= 4 is 5.69 Å². The molecule has 100 valence electrons. The van der Waals surface area contributed by atoms with E-state index in [4.69, 9.17) is 10.5 Å². The van der Waals surface area contributed by atoms with Gasteiger partial charge in [0.1, 0.15) is 12.4 Å². The number of benzene rings is 2. The Kier molecular flexibility index (Phi) is 4.10. The van der Waals surface area contributed by atoms with E-state index >= 15 is 0 Å². The van der Waals surface area contributed by atoms with Crippen molar-refractivity contribution < 1.29 is 4.74 Å². The Morgan fingerprint density at radius 3 is 2.58 bits per heavy atom. The van der Waals surface area contributed by atoms with Gasteiger partial charge < -0.3 is 10.5 Å². The molecule has 0 atom stereocenters. The molecule has 0 radical (unpaired) electrons. The molecule has 0 saturated carbocycles. The Morgan fingerprint density at radius 2 is 1.89 bits per heavy atom. The van der Waals surface area contributed by atoms with Crippen LogP contribution in [0.4, 0.5) is 5.69 Å². The molecule has 2 aromatic carbocycles. The molecule has 0 unspecified atom stereocenters. The molecule has 2 nitrogen and oxygen atoms in total. The number of nitrogens with two attached hydrogens (primary N) is 1. The monoisotopic (exact) mass is 255 g/mol. The van der Waals surface area contributed by atoms with Crippen LogP contribution in [0.15, 0.2) is 42.5 Å². The standard InChI is InChI=1S/C17H21NO/c1-12(2)15-8-7-13(3)17(10-15)19-11-14-5-4-6-16(18)9-14/h4-10,12H,11,18H2,1-3H3. The van der Waals surface area contributed by atoms with Crippen molar-refractivity contribution in [2.24, 2.45) is 0 Å². The molecule has 0 aromatic heterocycles. The normalized spacial score (nSPS) is 10.7. The van der Waals surface area contributed by atoms with Gasteiger partial charge in [-0.3, -0.25) is 0 Å². The zero-order chi connectivity index (χ0) is 13.8. The molecule has 2 aromatic rings. The van der Waals surface area contributed by atoms with Crippen LogP contribution in [0.25, 0.3) is 0 Å². The third kappa shape index (κ3) is 3.50. The zero-order valence-electron chi connectivity index (χ0n) is 11.8. The van der Waals surface area contributed by atoms with Gasteiger partial charge in [-0.1, -0.05) is 38.1 Å². The first-order valence-corrected chi connectivity index (χ1v) is 6.64. The molecule has 0 bridgehead atoms. The Hall–Kier alpha value is -1.96. The van der Waals surface area contributed by atoms with Crippen molar-refractivity contribution in [2.45, 2.75) is 33.3 Å². The molecular formula is C17H21NO. The number of nitrogen functional groups attached to an aromatic ring is 1. The van der Waals surface area contributed by atoms with Gasteiger partial charge in [-0.05, 0) is 47.7 Å². The molecule has 2 rings (SSSR count). The maximum absolute atomic E-state index is 5.91. The lowest BCUT2D eigenvalue weighted by molar-refractivity contribution is 0.303. The first kappa shape index (κ1) is 13.5. The van der Waals surface area contributed by atoms with Crippen LogP contribution in [0.2, 0.25) is 0 Å². The van der Waals surface area contributed by atoms with E-state index in [2.05, 4.69) is 39.0 Å². The van der Waals surface area contributed by atoms with Gasteiger partial charge in [0.05, 0.1) is 0 Å². The highest BCUT2D eigenvalue weighted by Crippen LogP contribution is 2.25. The van der Waals surface area contributed by atoms with Gasteiger partial charge in [0.2, 0.25) is 0 Å². The smallest absolute Gasteiger partial charge is 0.122 e. The van der Waals surface area contributed by atoms with Gasteiger partial charge in [0.15, 0.2) is 0 Å². The van der Waals surface area contributed by atoms with Crippen molar-refractivity contribution in [1.29, 1.82) is 0 Å². The van der Waals surface area contributed by atoms with Crippen molar-refractivity contribution in [3.63, 3.8) is 0 Å². The Bertz CT molecular complexity index is 561. The second-order valence-electron chi connectivity index (χ2n) is 5.21. The summed E-state index contributed by atoms with van der Waals surface area (Å²) in [5.41, 5.74) is 10.1. The second-order valence-corrected chi connectivity index (χ2v) is 5.21. The molecule has 0 saturated heterocycles. The van der Waals surface area contributed by atoms with Crippen LogP contribution in [0.3, 0.4) is 0 Å². The minimum Gasteiger partial charge on any atom is -0.489 e. The first-order valence-electron chi connectivity index (χ1n) is 6.64. The van der Waals surface area contributed by atoms with E-state index in [1.165, 1.54) is 5.56 Å². The van der Waals surface area contributed by atoms with Crippen LogP contribution in [0, 0.1) is 6.92 Å². The van der Waals surface area contributed by atoms with Crippen molar-refractivity contribution in [3.05, 3.63) is 59.2 Å². The van der Waals surface area contributed by atoms with E-state index in [-0.39, 0.29) is 0 Å². The number of rotatable bonds is 4. The highest BCUT2D eigenvalue weighted by molar-refractivity contribution is 5.41. The minimum atomic E-state index is 0.510. The Labute approximate surface area is 115 Å². The summed E-state index contributed by atoms with van der Waals surface area (Å²) in [5.74, 6) is 1.46. The largest absolute Gasteiger partial charge is 0.489 e. The molecular weight excluding hydrogens is 234 g/mol. The predicted octanol–water partition coefficient (Wildman–Crippen LogP) is 4.28. The van der Waals surface area contributed by atoms with Crippen molar-refractivity contribution in [2.75, 3.05) is 5.73 Å². The van der Waals surface area contributed by atoms with Gasteiger partial charge in [0.25, 0.3) is 0 Å². The fraction of sp³-hybridized carbons (Fsp3) is 0.294. The summed E-state index contributed by atoms with van der Waals surface area (Å²) in [6.07, 6.45) is 0. The molecule has 0 aliphatic rings. The molecule has 2 heteroatoms. The van der Waals surface area contributed by atoms with Crippen LogP contribution in [0.1, 0.15) is 36.5 Å². The van der Waals surface area contributed by atoms with Gasteiger partial charge >= 0.3 is 0 Å². The molecule has 2 N–H and O–H groups in total. The number of hydrogen-bond donors (Lipinski definition) is 1. The topological polar surface area (TPSA) is 35.2 Å². The molecule has 0 amide bonds. The van der Waals surface area contributed by atoms with Crippen LogP contribution < -0.4 is 10.5 Å². The SMILES string of the molecule is Cc1ccc(C(C)C)cc1OCc1cccc(N)c1. The van der Waals surface area contributed by atoms with Crippen LogP contribution in [-0.2, 0) is 6.61 Å². The highest BCUT2D eigenvalue weighted by Gasteiger charge is 2.05. The van der Waals surface area contributed by atoms with E-state index in [1.807, 2.05) is 24.3 Å². The summed E-state index contributed by atoms with van der Waals surface area (Å²) in [6.45, 7) is 6.99. The zero-order valence-corrected chi connectivity index (χ0v) is 11.8. The molecule has 0 aliphatic carbocycles. The summed E-state index contributed by atoms with van der Waals surface area (Å²) >= 11 is 0. The van der Waals surface area contributed by atoms with Crippen molar-refractivity contribution in [3.8, 4) is 5.75 Å². The number of anilines is 1. The number of aryl methyl sites for hydroxylation is 1. The lowest BCUT2D eigenvalue weighted by Crippen LogP contribution is -1.99. The maximum atomic E-state index is 5.91. The molecule has 0 spiro atoms. The fourth-order valence-corrected chi connectivity index (χ4v) is 1.98. The third-order valence-corrected chi connectivity index (χ3v) is 3.22. The average molecular weight is 255 g/mol. The first-order chi connectivity index (χ1) is 9.06. The summed E-state index contributed by atoms with van der Waals surface area (Å²) in [7, 11) is 0. The summed E-state index contributed by atoms with van der Waals surface area (Å²) in [5, 5.41) is 0. The molecule has 0 fully saturated rings. The Morgan fingerprint density at radius 1 is 1.11 bits per heavy atom. The van der Waals surface area contributed by atoms with Gasteiger partial charge in [-0.2, -0.15) is 0 Å². The van der Waals surface area contributed by atoms with Crippen molar-refractivity contribution in [1.82, 2.24) is 0 Å². The molecule has 0 aliphatic heterocycles. The van der Waals surface area contributed by atoms with E-state index in [1.54, 1.807) is 0 Å². The Balaban J connectivity index is 2.12. The average Bonchev–Trinajstić information content (AvgIpc) is 2.37. The van der Waals surface area contributed by atoms with Crippen LogP contribution in [0.5, 0.6) is 5.75 Å². The van der Waals surface area contributed by atoms with Gasteiger partial charge in [0, 0.05) is 5.69 Å². The highest BCUT2D eigenvalue weighted by atomic mass is 16.5. The maximum Gasteiger partial charge on any atom is 0.122 e. The summed E-state index contributed by atoms with van der Waals surface area (Å²) in [6, 6.07) is 14.2. The molecule has 0 heterocycles. The lowest BCUT2D eigenvalue weighted by atomic mass is 10.0. The lowest BCUT2D eigenvalue weighted by Gasteiger charge is -2.13. The number of ether oxygens (including phenoxy) is 1. The van der Waals surface area contributed by atoms with E-state index in [0.29, 0.717) is 12.5 Å². The van der Waals surface area contributed by atoms with E-state index in [0.717, 1.165) is 22.6 Å². The minimum absolute atomic E-state index is 0.510. The summed E-state index contributed by atoms with van der Waals surface area (Å²) < 4.78 is 5.91. The molecule has 19 heavy (non-hydrogen) atoms. The van der Waals surface area contributed by atoms with Crippen LogP contribution >= 0.6 is 0 Å². The van der Waals surface area contributed by atoms with Crippen LogP contribution in [-0.4, -0.2) is 0 Å². The van der Waals surface area contributed by atoms with Gasteiger partial charge in [-0.15, -0.1) is 0 Å².